The molecule has 1 fully saturated rings. The van der Waals surface area contributed by atoms with E-state index in [0.717, 1.165) is 25.9 Å². The van der Waals surface area contributed by atoms with Gasteiger partial charge < -0.3 is 5.11 Å². The van der Waals surface area contributed by atoms with Crippen LogP contribution in [0, 0.1) is 0 Å². The molecule has 0 aliphatic carbocycles. The van der Waals surface area contributed by atoms with Gasteiger partial charge in [-0.1, -0.05) is 6.92 Å². The van der Waals surface area contributed by atoms with Gasteiger partial charge in [-0.15, -0.1) is 11.3 Å². The van der Waals surface area contributed by atoms with Crippen molar-refractivity contribution in [2.24, 2.45) is 0 Å². The molecule has 1 aromatic rings. The minimum atomic E-state index is 0.291. The van der Waals surface area contributed by atoms with Gasteiger partial charge in [0.2, 0.25) is 0 Å². The lowest BCUT2D eigenvalue weighted by atomic mass is 10.2. The molecule has 1 aromatic heterocycles. The van der Waals surface area contributed by atoms with Crippen molar-refractivity contribution < 1.29 is 5.11 Å². The van der Waals surface area contributed by atoms with Crippen LogP contribution in [-0.2, 0) is 13.0 Å². The maximum absolute atomic E-state index is 9.21. The van der Waals surface area contributed by atoms with E-state index in [9.17, 15) is 5.11 Å². The van der Waals surface area contributed by atoms with Crippen LogP contribution in [0.2, 0.25) is 0 Å². The molecule has 1 atom stereocenters. The Morgan fingerprint density at radius 1 is 1.67 bits per heavy atom. The number of likely N-dealkylation sites (tertiary alicyclic amines) is 1. The number of hydrogen-bond donors (Lipinski definition) is 1. The van der Waals surface area contributed by atoms with Gasteiger partial charge in [-0.2, -0.15) is 0 Å². The molecular formula is C11H18N2OS. The summed E-state index contributed by atoms with van der Waals surface area (Å²) in [5, 5.41) is 10.4. The second kappa shape index (κ2) is 5.05. The molecule has 0 aromatic carbocycles. The molecule has 3 nitrogen and oxygen atoms in total. The average molecular weight is 226 g/mol. The van der Waals surface area contributed by atoms with Gasteiger partial charge in [-0.25, -0.2) is 4.98 Å². The summed E-state index contributed by atoms with van der Waals surface area (Å²) in [6.07, 6.45) is 5.35. The molecule has 1 aliphatic heterocycles. The highest BCUT2D eigenvalue weighted by molar-refractivity contribution is 7.11. The van der Waals surface area contributed by atoms with Crippen LogP contribution in [0.3, 0.4) is 0 Å². The van der Waals surface area contributed by atoms with Crippen LogP contribution in [0.25, 0.3) is 0 Å². The van der Waals surface area contributed by atoms with E-state index < -0.39 is 0 Å². The van der Waals surface area contributed by atoms with Gasteiger partial charge in [0, 0.05) is 23.7 Å². The number of nitrogens with zero attached hydrogens (tertiary/aromatic N) is 2. The standard InChI is InChI=1S/C11H18N2OS/c1-2-11-12-6-10(15-11)7-13-5-3-4-9(13)8-14/h6,9,14H,2-5,7-8H2,1H3. The van der Waals surface area contributed by atoms with Crippen molar-refractivity contribution >= 4 is 11.3 Å². The minimum Gasteiger partial charge on any atom is -0.395 e. The van der Waals surface area contributed by atoms with Crippen LogP contribution in [0.1, 0.15) is 29.7 Å². The Labute approximate surface area is 94.8 Å². The van der Waals surface area contributed by atoms with Gasteiger partial charge >= 0.3 is 0 Å². The maximum atomic E-state index is 9.21. The van der Waals surface area contributed by atoms with Crippen molar-refractivity contribution in [3.05, 3.63) is 16.1 Å². The fourth-order valence-corrected chi connectivity index (χ4v) is 2.98. The quantitative estimate of drug-likeness (QED) is 0.848. The highest BCUT2D eigenvalue weighted by Crippen LogP contribution is 2.22. The number of aliphatic hydroxyl groups excluding tert-OH is 1. The first-order valence-corrected chi connectivity index (χ1v) is 6.43. The number of aliphatic hydroxyl groups is 1. The van der Waals surface area contributed by atoms with Crippen molar-refractivity contribution in [2.75, 3.05) is 13.2 Å². The van der Waals surface area contributed by atoms with Gasteiger partial charge in [0.25, 0.3) is 0 Å². The van der Waals surface area contributed by atoms with Crippen molar-refractivity contribution in [1.82, 2.24) is 9.88 Å². The molecular weight excluding hydrogens is 208 g/mol. The van der Waals surface area contributed by atoms with E-state index in [1.807, 2.05) is 6.20 Å². The fourth-order valence-electron chi connectivity index (χ4n) is 2.09. The van der Waals surface area contributed by atoms with E-state index in [-0.39, 0.29) is 0 Å². The molecule has 1 unspecified atom stereocenters. The van der Waals surface area contributed by atoms with Gasteiger partial charge in [0.15, 0.2) is 0 Å². The molecule has 1 N–H and O–H groups in total. The molecule has 0 radical (unpaired) electrons. The summed E-state index contributed by atoms with van der Waals surface area (Å²) in [6, 6.07) is 0.372. The molecule has 84 valence electrons. The van der Waals surface area contributed by atoms with Crippen LogP contribution < -0.4 is 0 Å². The van der Waals surface area contributed by atoms with Crippen LogP contribution in [0.4, 0.5) is 0 Å². The molecule has 0 amide bonds. The van der Waals surface area contributed by atoms with E-state index in [1.54, 1.807) is 11.3 Å². The fraction of sp³-hybridized carbons (Fsp3) is 0.727. The predicted molar refractivity (Wildman–Crippen MR) is 62.0 cm³/mol. The SMILES string of the molecule is CCc1ncc(CN2CCCC2CO)s1. The lowest BCUT2D eigenvalue weighted by Crippen LogP contribution is -2.31. The number of thiazole rings is 1. The zero-order chi connectivity index (χ0) is 10.7. The predicted octanol–water partition coefficient (Wildman–Crippen LogP) is 1.66. The van der Waals surface area contributed by atoms with Crippen molar-refractivity contribution in [2.45, 2.75) is 38.8 Å². The zero-order valence-electron chi connectivity index (χ0n) is 9.15. The van der Waals surface area contributed by atoms with Crippen molar-refractivity contribution in [1.29, 1.82) is 0 Å². The Bertz CT molecular complexity index is 313. The Morgan fingerprint density at radius 3 is 3.20 bits per heavy atom. The second-order valence-corrected chi connectivity index (χ2v) is 5.22. The third-order valence-electron chi connectivity index (χ3n) is 2.97. The summed E-state index contributed by atoms with van der Waals surface area (Å²) in [7, 11) is 0. The summed E-state index contributed by atoms with van der Waals surface area (Å²) >= 11 is 1.80. The molecule has 0 saturated carbocycles. The van der Waals surface area contributed by atoms with E-state index in [2.05, 4.69) is 16.8 Å². The minimum absolute atomic E-state index is 0.291. The summed E-state index contributed by atoms with van der Waals surface area (Å²) in [5.41, 5.74) is 0. The number of rotatable bonds is 4. The zero-order valence-corrected chi connectivity index (χ0v) is 9.96. The summed E-state index contributed by atoms with van der Waals surface area (Å²) in [6.45, 7) is 4.50. The number of hydrogen-bond acceptors (Lipinski definition) is 4. The van der Waals surface area contributed by atoms with Gasteiger partial charge in [-0.3, -0.25) is 4.90 Å². The van der Waals surface area contributed by atoms with E-state index >= 15 is 0 Å². The largest absolute Gasteiger partial charge is 0.395 e. The molecule has 0 spiro atoms. The smallest absolute Gasteiger partial charge is 0.0925 e. The average Bonchev–Trinajstić information content (AvgIpc) is 2.87. The third-order valence-corrected chi connectivity index (χ3v) is 4.10. The van der Waals surface area contributed by atoms with E-state index in [4.69, 9.17) is 0 Å². The Hall–Kier alpha value is -0.450. The molecule has 4 heteroatoms. The molecule has 15 heavy (non-hydrogen) atoms. The van der Waals surface area contributed by atoms with Crippen LogP contribution >= 0.6 is 11.3 Å². The first kappa shape index (κ1) is 11.0. The summed E-state index contributed by atoms with van der Waals surface area (Å²) < 4.78 is 0. The van der Waals surface area contributed by atoms with Crippen LogP contribution in [-0.4, -0.2) is 34.2 Å². The van der Waals surface area contributed by atoms with E-state index in [1.165, 1.54) is 16.3 Å². The number of aryl methyl sites for hydroxylation is 1. The van der Waals surface area contributed by atoms with E-state index in [0.29, 0.717) is 12.6 Å². The summed E-state index contributed by atoms with van der Waals surface area (Å²) in [4.78, 5) is 8.05. The summed E-state index contributed by atoms with van der Waals surface area (Å²) in [5.74, 6) is 0. The van der Waals surface area contributed by atoms with Crippen molar-refractivity contribution in [3.8, 4) is 0 Å². The van der Waals surface area contributed by atoms with Gasteiger partial charge in [-0.05, 0) is 25.8 Å². The maximum Gasteiger partial charge on any atom is 0.0925 e. The normalized spacial score (nSPS) is 22.4. The van der Waals surface area contributed by atoms with Crippen molar-refractivity contribution in [3.63, 3.8) is 0 Å². The van der Waals surface area contributed by atoms with Gasteiger partial charge in [0.1, 0.15) is 0 Å². The lowest BCUT2D eigenvalue weighted by Gasteiger charge is -2.21. The second-order valence-electron chi connectivity index (χ2n) is 4.02. The monoisotopic (exact) mass is 226 g/mol. The Balaban J connectivity index is 1.95. The topological polar surface area (TPSA) is 36.4 Å². The number of aromatic nitrogens is 1. The van der Waals surface area contributed by atoms with Gasteiger partial charge in [0.05, 0.1) is 11.6 Å². The molecule has 2 heterocycles. The Morgan fingerprint density at radius 2 is 2.53 bits per heavy atom. The molecule has 1 saturated heterocycles. The van der Waals surface area contributed by atoms with Crippen LogP contribution in [0.15, 0.2) is 6.20 Å². The highest BCUT2D eigenvalue weighted by atomic mass is 32.1. The first-order valence-electron chi connectivity index (χ1n) is 5.62. The third kappa shape index (κ3) is 2.56. The first-order chi connectivity index (χ1) is 7.33. The van der Waals surface area contributed by atoms with Crippen LogP contribution in [0.5, 0.6) is 0 Å². The lowest BCUT2D eigenvalue weighted by molar-refractivity contribution is 0.154. The molecule has 1 aliphatic rings. The Kier molecular flexibility index (Phi) is 3.72. The highest BCUT2D eigenvalue weighted by Gasteiger charge is 2.23. The molecule has 0 bridgehead atoms. The molecule has 2 rings (SSSR count).